The van der Waals surface area contributed by atoms with E-state index in [2.05, 4.69) is 26.3 Å². The van der Waals surface area contributed by atoms with Crippen LogP contribution in [0.3, 0.4) is 0 Å². The van der Waals surface area contributed by atoms with Crippen LogP contribution in [0.1, 0.15) is 74.9 Å². The van der Waals surface area contributed by atoms with Crippen LogP contribution in [0.15, 0.2) is 14.8 Å². The number of piperidine rings is 1. The van der Waals surface area contributed by atoms with Crippen molar-refractivity contribution in [2.75, 3.05) is 13.1 Å². The van der Waals surface area contributed by atoms with Crippen LogP contribution < -0.4 is 0 Å². The Morgan fingerprint density at radius 1 is 1.20 bits per heavy atom. The summed E-state index contributed by atoms with van der Waals surface area (Å²) in [6.45, 7) is 1.50. The van der Waals surface area contributed by atoms with Crippen molar-refractivity contribution in [1.29, 1.82) is 0 Å². The van der Waals surface area contributed by atoms with Gasteiger partial charge in [0.15, 0.2) is 11.5 Å². The maximum atomic E-state index is 12.4. The van der Waals surface area contributed by atoms with Crippen molar-refractivity contribution in [3.8, 4) is 12.3 Å². The summed E-state index contributed by atoms with van der Waals surface area (Å²) in [5, 5.41) is 12.3. The highest BCUT2D eigenvalue weighted by molar-refractivity contribution is 5.76. The second-order valence-electron chi connectivity index (χ2n) is 7.31. The first-order chi connectivity index (χ1) is 12.2. The van der Waals surface area contributed by atoms with Crippen molar-refractivity contribution in [2.24, 2.45) is 10.2 Å². The zero-order valence-corrected chi connectivity index (χ0v) is 14.4. The number of carbonyl (C=O) groups is 1. The quantitative estimate of drug-likeness (QED) is 0.714. The zero-order chi connectivity index (χ0) is 17.3. The third kappa shape index (κ3) is 3.73. The monoisotopic (exact) mass is 341 g/mol. The van der Waals surface area contributed by atoms with E-state index in [1.807, 2.05) is 4.90 Å². The fourth-order valence-electron chi connectivity index (χ4n) is 3.43. The van der Waals surface area contributed by atoms with Gasteiger partial charge in [-0.15, -0.1) is 12.3 Å². The van der Waals surface area contributed by atoms with Gasteiger partial charge in [-0.1, -0.05) is 5.16 Å². The molecule has 2 fully saturated rings. The van der Waals surface area contributed by atoms with Crippen LogP contribution in [0, 0.1) is 12.3 Å². The van der Waals surface area contributed by atoms with Crippen molar-refractivity contribution in [2.45, 2.75) is 68.9 Å². The minimum Gasteiger partial charge on any atom is -0.343 e. The van der Waals surface area contributed by atoms with E-state index < -0.39 is 0 Å². The minimum absolute atomic E-state index is 0.183. The lowest BCUT2D eigenvalue weighted by atomic mass is 9.95. The van der Waals surface area contributed by atoms with E-state index in [1.165, 1.54) is 0 Å². The van der Waals surface area contributed by atoms with Crippen LogP contribution in [0.5, 0.6) is 0 Å². The largest absolute Gasteiger partial charge is 0.343 e. The molecule has 3 aliphatic rings. The molecule has 4 rings (SSSR count). The molecule has 0 N–H and O–H groups in total. The topological polar surface area (TPSA) is 84.0 Å². The van der Waals surface area contributed by atoms with E-state index in [0.717, 1.165) is 56.9 Å². The predicted octanol–water partition coefficient (Wildman–Crippen LogP) is 3.01. The lowest BCUT2D eigenvalue weighted by Gasteiger charge is -2.30. The van der Waals surface area contributed by atoms with Gasteiger partial charge >= 0.3 is 0 Å². The normalized spacial score (nSPS) is 22.0. The summed E-state index contributed by atoms with van der Waals surface area (Å²) in [4.78, 5) is 18.9. The van der Waals surface area contributed by atoms with Crippen LogP contribution in [0.4, 0.5) is 0 Å². The van der Waals surface area contributed by atoms with Crippen molar-refractivity contribution in [3.63, 3.8) is 0 Å². The Labute approximate surface area is 147 Å². The van der Waals surface area contributed by atoms with Gasteiger partial charge in [0, 0.05) is 50.6 Å². The molecule has 0 radical (unpaired) electrons. The lowest BCUT2D eigenvalue weighted by molar-refractivity contribution is -0.132. The average molecular weight is 341 g/mol. The molecule has 3 heterocycles. The number of hydrogen-bond acceptors (Lipinski definition) is 6. The number of amides is 1. The molecular formula is C18H23N5O2. The minimum atomic E-state index is -0.371. The number of terminal acetylenes is 1. The summed E-state index contributed by atoms with van der Waals surface area (Å²) in [6, 6.07) is 0. The van der Waals surface area contributed by atoms with E-state index in [-0.39, 0.29) is 11.6 Å². The van der Waals surface area contributed by atoms with E-state index in [0.29, 0.717) is 31.1 Å². The molecule has 2 aliphatic heterocycles. The van der Waals surface area contributed by atoms with Crippen LogP contribution >= 0.6 is 0 Å². The SMILES string of the molecule is C#CCCC1(CCC(=O)N2CCC(c3noc(C4CC4)n3)CC2)N=N1. The standard InChI is InChI=1S/C18H23N5O2/c1-2-3-9-18(21-22-18)10-6-15(24)23-11-7-13(8-12-23)16-19-17(25-20-16)14-4-5-14/h1,13-14H,3-12H2. The smallest absolute Gasteiger partial charge is 0.229 e. The summed E-state index contributed by atoms with van der Waals surface area (Å²) in [5.74, 6) is 5.20. The first-order valence-electron chi connectivity index (χ1n) is 9.18. The molecule has 0 aromatic carbocycles. The number of aromatic nitrogens is 2. The van der Waals surface area contributed by atoms with Crippen LogP contribution in [0.25, 0.3) is 0 Å². The highest BCUT2D eigenvalue weighted by atomic mass is 16.5. The van der Waals surface area contributed by atoms with E-state index in [4.69, 9.17) is 10.9 Å². The average Bonchev–Trinajstić information content (AvgIpc) is 3.58. The molecule has 1 amide bonds. The maximum absolute atomic E-state index is 12.4. The summed E-state index contributed by atoms with van der Waals surface area (Å²) in [6.07, 6.45) is 12.0. The highest BCUT2D eigenvalue weighted by Crippen LogP contribution is 2.40. The van der Waals surface area contributed by atoms with Crippen LogP contribution in [-0.4, -0.2) is 39.7 Å². The molecule has 1 saturated heterocycles. The third-order valence-corrected chi connectivity index (χ3v) is 5.39. The van der Waals surface area contributed by atoms with Crippen LogP contribution in [0.2, 0.25) is 0 Å². The zero-order valence-electron chi connectivity index (χ0n) is 14.4. The predicted molar refractivity (Wildman–Crippen MR) is 89.7 cm³/mol. The molecule has 1 saturated carbocycles. The van der Waals surface area contributed by atoms with E-state index >= 15 is 0 Å². The Balaban J connectivity index is 1.22. The number of nitrogens with zero attached hydrogens (tertiary/aromatic N) is 5. The lowest BCUT2D eigenvalue weighted by Crippen LogP contribution is -2.38. The molecule has 0 bridgehead atoms. The number of hydrogen-bond donors (Lipinski definition) is 0. The molecule has 0 atom stereocenters. The fourth-order valence-corrected chi connectivity index (χ4v) is 3.43. The first kappa shape index (κ1) is 16.2. The maximum Gasteiger partial charge on any atom is 0.229 e. The third-order valence-electron chi connectivity index (χ3n) is 5.39. The Kier molecular flexibility index (Phi) is 4.28. The van der Waals surface area contributed by atoms with Crippen molar-refractivity contribution in [3.05, 3.63) is 11.7 Å². The van der Waals surface area contributed by atoms with Crippen molar-refractivity contribution in [1.82, 2.24) is 15.0 Å². The van der Waals surface area contributed by atoms with Crippen molar-refractivity contribution >= 4 is 5.91 Å². The summed E-state index contributed by atoms with van der Waals surface area (Å²) in [7, 11) is 0. The molecule has 1 aromatic heterocycles. The fraction of sp³-hybridized carbons (Fsp3) is 0.722. The molecule has 0 spiro atoms. The van der Waals surface area contributed by atoms with Gasteiger partial charge in [0.05, 0.1) is 0 Å². The number of carbonyl (C=O) groups excluding carboxylic acids is 1. The molecule has 132 valence electrons. The molecule has 25 heavy (non-hydrogen) atoms. The molecule has 0 unspecified atom stereocenters. The van der Waals surface area contributed by atoms with Gasteiger partial charge in [-0.05, 0) is 25.7 Å². The highest BCUT2D eigenvalue weighted by Gasteiger charge is 2.40. The molecule has 1 aliphatic carbocycles. The molecule has 1 aromatic rings. The Morgan fingerprint density at radius 3 is 2.60 bits per heavy atom. The Morgan fingerprint density at radius 2 is 1.96 bits per heavy atom. The molecule has 7 heteroatoms. The molecule has 7 nitrogen and oxygen atoms in total. The Bertz CT molecular complexity index is 701. The van der Waals surface area contributed by atoms with Gasteiger partial charge in [-0.25, -0.2) is 0 Å². The summed E-state index contributed by atoms with van der Waals surface area (Å²) < 4.78 is 5.35. The second kappa shape index (κ2) is 6.58. The first-order valence-corrected chi connectivity index (χ1v) is 9.18. The number of rotatable bonds is 7. The van der Waals surface area contributed by atoms with Gasteiger partial charge in [-0.2, -0.15) is 15.2 Å². The van der Waals surface area contributed by atoms with Gasteiger partial charge in [0.25, 0.3) is 0 Å². The van der Waals surface area contributed by atoms with Crippen LogP contribution in [-0.2, 0) is 4.79 Å². The van der Waals surface area contributed by atoms with E-state index in [1.54, 1.807) is 0 Å². The second-order valence-corrected chi connectivity index (χ2v) is 7.31. The molecular weight excluding hydrogens is 318 g/mol. The summed E-state index contributed by atoms with van der Waals surface area (Å²) >= 11 is 0. The van der Waals surface area contributed by atoms with Gasteiger partial charge < -0.3 is 9.42 Å². The van der Waals surface area contributed by atoms with E-state index in [9.17, 15) is 4.79 Å². The van der Waals surface area contributed by atoms with Gasteiger partial charge in [0.1, 0.15) is 0 Å². The van der Waals surface area contributed by atoms with Crippen molar-refractivity contribution < 1.29 is 9.32 Å². The summed E-state index contributed by atoms with van der Waals surface area (Å²) in [5.41, 5.74) is -0.371. The Hall–Kier alpha value is -2.23. The van der Waals surface area contributed by atoms with Gasteiger partial charge in [0.2, 0.25) is 11.8 Å². The van der Waals surface area contributed by atoms with Gasteiger partial charge in [-0.3, -0.25) is 4.79 Å². The number of likely N-dealkylation sites (tertiary alicyclic amines) is 1.